The van der Waals surface area contributed by atoms with E-state index in [-0.39, 0.29) is 9.92 Å². The molecule has 112 valence electrons. The Morgan fingerprint density at radius 3 is 2.85 bits per heavy atom. The average molecular weight is 319 g/mol. The van der Waals surface area contributed by atoms with Gasteiger partial charge in [-0.05, 0) is 30.7 Å². The molecule has 1 fully saturated rings. The van der Waals surface area contributed by atoms with Gasteiger partial charge in [0, 0.05) is 12.7 Å². The van der Waals surface area contributed by atoms with Gasteiger partial charge in [-0.15, -0.1) is 0 Å². The van der Waals surface area contributed by atoms with Crippen LogP contribution in [0.3, 0.4) is 0 Å². The van der Waals surface area contributed by atoms with E-state index in [4.69, 9.17) is 11.6 Å². The average Bonchev–Trinajstić information content (AvgIpc) is 2.40. The predicted octanol–water partition coefficient (Wildman–Crippen LogP) is 2.13. The molecule has 1 aromatic heterocycles. The summed E-state index contributed by atoms with van der Waals surface area (Å²) in [6.07, 6.45) is 5.64. The summed E-state index contributed by atoms with van der Waals surface area (Å²) in [5.41, 5.74) is -0.494. The Balaban J connectivity index is 2.03. The van der Waals surface area contributed by atoms with E-state index < -0.39 is 15.6 Å². The summed E-state index contributed by atoms with van der Waals surface area (Å²) in [4.78, 5) is 13.4. The number of hydrogen-bond donors (Lipinski definition) is 2. The first-order valence-electron chi connectivity index (χ1n) is 6.76. The van der Waals surface area contributed by atoms with Crippen LogP contribution >= 0.6 is 11.6 Å². The van der Waals surface area contributed by atoms with E-state index in [1.165, 1.54) is 18.7 Å². The van der Waals surface area contributed by atoms with E-state index in [1.54, 1.807) is 0 Å². The first kappa shape index (κ1) is 15.5. The quantitative estimate of drug-likeness (QED) is 0.892. The highest BCUT2D eigenvalue weighted by Crippen LogP contribution is 2.28. The molecule has 7 heteroatoms. The van der Waals surface area contributed by atoms with Crippen molar-refractivity contribution in [1.82, 2.24) is 9.71 Å². The molecule has 0 amide bonds. The molecule has 0 bridgehead atoms. The summed E-state index contributed by atoms with van der Waals surface area (Å²) in [6, 6.07) is 1.17. The van der Waals surface area contributed by atoms with Gasteiger partial charge in [0.2, 0.25) is 10.0 Å². The summed E-state index contributed by atoms with van der Waals surface area (Å²) in [5, 5.41) is -0.126. The maximum atomic E-state index is 12.1. The van der Waals surface area contributed by atoms with E-state index in [0.717, 1.165) is 19.3 Å². The first-order valence-corrected chi connectivity index (χ1v) is 8.62. The summed E-state index contributed by atoms with van der Waals surface area (Å²) in [6.45, 7) is 2.63. The third kappa shape index (κ3) is 3.84. The molecule has 5 nitrogen and oxygen atoms in total. The fourth-order valence-electron chi connectivity index (χ4n) is 2.65. The van der Waals surface area contributed by atoms with Gasteiger partial charge in [-0.2, -0.15) is 0 Å². The van der Waals surface area contributed by atoms with Crippen LogP contribution in [0.25, 0.3) is 0 Å². The highest BCUT2D eigenvalue weighted by atomic mass is 35.5. The van der Waals surface area contributed by atoms with Gasteiger partial charge in [-0.1, -0.05) is 31.4 Å². The Morgan fingerprint density at radius 2 is 2.20 bits per heavy atom. The van der Waals surface area contributed by atoms with Gasteiger partial charge < -0.3 is 4.98 Å². The molecule has 0 saturated heterocycles. The lowest BCUT2D eigenvalue weighted by Crippen LogP contribution is -2.32. The maximum absolute atomic E-state index is 12.1. The molecule has 1 aliphatic rings. The summed E-state index contributed by atoms with van der Waals surface area (Å²) < 4.78 is 26.9. The second kappa shape index (κ2) is 6.28. The number of halogens is 1. The summed E-state index contributed by atoms with van der Waals surface area (Å²) >= 11 is 5.65. The van der Waals surface area contributed by atoms with E-state index in [9.17, 15) is 13.2 Å². The van der Waals surface area contributed by atoms with Gasteiger partial charge in [-0.25, -0.2) is 13.1 Å². The van der Waals surface area contributed by atoms with Crippen molar-refractivity contribution in [3.8, 4) is 0 Å². The third-order valence-electron chi connectivity index (χ3n) is 3.75. The van der Waals surface area contributed by atoms with Gasteiger partial charge in [0.05, 0.1) is 4.90 Å². The van der Waals surface area contributed by atoms with Crippen molar-refractivity contribution in [2.75, 3.05) is 6.54 Å². The van der Waals surface area contributed by atoms with Crippen LogP contribution in [-0.4, -0.2) is 19.9 Å². The van der Waals surface area contributed by atoms with Crippen LogP contribution in [0.2, 0.25) is 5.02 Å². The van der Waals surface area contributed by atoms with Gasteiger partial charge >= 0.3 is 0 Å². The monoisotopic (exact) mass is 318 g/mol. The molecule has 1 saturated carbocycles. The highest BCUT2D eigenvalue weighted by molar-refractivity contribution is 7.89. The van der Waals surface area contributed by atoms with E-state index in [2.05, 4.69) is 16.6 Å². The number of nitrogens with one attached hydrogen (secondary N) is 2. The largest absolute Gasteiger partial charge is 0.326 e. The standard InChI is InChI=1S/C13H19ClN2O3S/c1-9-3-2-4-10(5-9)7-16-20(18,19)11-6-12(14)13(17)15-8-11/h6,8-10,16H,2-5,7H2,1H3,(H,15,17). The molecule has 0 spiro atoms. The molecule has 0 radical (unpaired) electrons. The Kier molecular flexibility index (Phi) is 4.88. The SMILES string of the molecule is CC1CCCC(CNS(=O)(=O)c2c[nH]c(=O)c(Cl)c2)C1. The number of sulfonamides is 1. The number of rotatable bonds is 4. The minimum absolute atomic E-state index is 0.00837. The second-order valence-corrected chi connectivity index (χ2v) is 7.68. The normalized spacial score (nSPS) is 23.7. The zero-order valence-corrected chi connectivity index (χ0v) is 12.9. The number of hydrogen-bond acceptors (Lipinski definition) is 3. The van der Waals surface area contributed by atoms with Gasteiger partial charge in [0.15, 0.2) is 0 Å². The Hall–Kier alpha value is -0.850. The Labute approximate surface area is 123 Å². The second-order valence-electron chi connectivity index (χ2n) is 5.50. The van der Waals surface area contributed by atoms with Crippen molar-refractivity contribution >= 4 is 21.6 Å². The highest BCUT2D eigenvalue weighted by Gasteiger charge is 2.22. The molecule has 1 aromatic rings. The lowest BCUT2D eigenvalue weighted by molar-refractivity contribution is 0.283. The van der Waals surface area contributed by atoms with E-state index in [1.807, 2.05) is 0 Å². The number of aromatic amines is 1. The van der Waals surface area contributed by atoms with Crippen molar-refractivity contribution in [3.05, 3.63) is 27.6 Å². The Bertz CT molecular complexity index is 627. The van der Waals surface area contributed by atoms with Crippen molar-refractivity contribution in [2.45, 2.75) is 37.5 Å². The molecular formula is C13H19ClN2O3S. The van der Waals surface area contributed by atoms with Crippen LogP contribution in [0.1, 0.15) is 32.6 Å². The van der Waals surface area contributed by atoms with Crippen LogP contribution in [0.15, 0.2) is 22.0 Å². The molecule has 0 aliphatic heterocycles. The minimum atomic E-state index is -3.62. The Morgan fingerprint density at radius 1 is 1.45 bits per heavy atom. The molecule has 1 aliphatic carbocycles. The fourth-order valence-corrected chi connectivity index (χ4v) is 3.99. The van der Waals surface area contributed by atoms with Gasteiger partial charge in [-0.3, -0.25) is 4.79 Å². The number of aromatic nitrogens is 1. The molecule has 1 heterocycles. The number of H-pyrrole nitrogens is 1. The smallest absolute Gasteiger partial charge is 0.266 e. The van der Waals surface area contributed by atoms with Crippen molar-refractivity contribution in [1.29, 1.82) is 0 Å². The fraction of sp³-hybridized carbons (Fsp3) is 0.615. The number of pyridine rings is 1. The van der Waals surface area contributed by atoms with E-state index >= 15 is 0 Å². The predicted molar refractivity (Wildman–Crippen MR) is 78.4 cm³/mol. The first-order chi connectivity index (χ1) is 9.38. The summed E-state index contributed by atoms with van der Waals surface area (Å²) in [7, 11) is -3.62. The zero-order chi connectivity index (χ0) is 14.8. The van der Waals surface area contributed by atoms with Crippen LogP contribution in [-0.2, 0) is 10.0 Å². The molecule has 20 heavy (non-hydrogen) atoms. The maximum Gasteiger partial charge on any atom is 0.266 e. The lowest BCUT2D eigenvalue weighted by atomic mass is 9.83. The van der Waals surface area contributed by atoms with Gasteiger partial charge in [0.1, 0.15) is 5.02 Å². The minimum Gasteiger partial charge on any atom is -0.326 e. The summed E-state index contributed by atoms with van der Waals surface area (Å²) in [5.74, 6) is 1.03. The van der Waals surface area contributed by atoms with Crippen LogP contribution in [0, 0.1) is 11.8 Å². The zero-order valence-electron chi connectivity index (χ0n) is 11.4. The molecule has 2 N–H and O–H groups in total. The molecule has 0 aromatic carbocycles. The van der Waals surface area contributed by atoms with E-state index in [0.29, 0.717) is 18.4 Å². The van der Waals surface area contributed by atoms with Crippen molar-refractivity contribution in [2.24, 2.45) is 11.8 Å². The van der Waals surface area contributed by atoms with Crippen LogP contribution < -0.4 is 10.3 Å². The lowest BCUT2D eigenvalue weighted by Gasteiger charge is -2.26. The van der Waals surface area contributed by atoms with Crippen molar-refractivity contribution < 1.29 is 8.42 Å². The molecule has 2 unspecified atom stereocenters. The third-order valence-corrected chi connectivity index (χ3v) is 5.43. The van der Waals surface area contributed by atoms with Crippen molar-refractivity contribution in [3.63, 3.8) is 0 Å². The molecule has 2 rings (SSSR count). The van der Waals surface area contributed by atoms with Crippen LogP contribution in [0.4, 0.5) is 0 Å². The van der Waals surface area contributed by atoms with Crippen LogP contribution in [0.5, 0.6) is 0 Å². The van der Waals surface area contributed by atoms with Gasteiger partial charge in [0.25, 0.3) is 5.56 Å². The molecular weight excluding hydrogens is 300 g/mol. The molecule has 2 atom stereocenters. The topological polar surface area (TPSA) is 79.0 Å².